The van der Waals surface area contributed by atoms with Crippen molar-refractivity contribution in [3.8, 4) is 0 Å². The summed E-state index contributed by atoms with van der Waals surface area (Å²) in [4.78, 5) is 3.28. The number of H-pyrrole nitrogens is 1. The van der Waals surface area contributed by atoms with Crippen LogP contribution in [0.25, 0.3) is 16.5 Å². The molecular weight excluding hydrogens is 198 g/mol. The molecule has 1 aliphatic rings. The van der Waals surface area contributed by atoms with E-state index in [2.05, 4.69) is 33.4 Å². The Balaban J connectivity index is 2.15. The first-order chi connectivity index (χ1) is 7.95. The van der Waals surface area contributed by atoms with Gasteiger partial charge in [0.25, 0.3) is 0 Å². The van der Waals surface area contributed by atoms with Crippen LogP contribution in [-0.2, 0) is 0 Å². The minimum atomic E-state index is 0.821. The first-order valence-electron chi connectivity index (χ1n) is 5.25. The Bertz CT molecular complexity index is 602. The third-order valence-corrected chi connectivity index (χ3v) is 2.74. The molecule has 1 aliphatic heterocycles. The zero-order valence-electron chi connectivity index (χ0n) is 8.72. The van der Waals surface area contributed by atoms with Gasteiger partial charge in [-0.25, -0.2) is 0 Å². The van der Waals surface area contributed by atoms with Crippen molar-refractivity contribution in [2.24, 2.45) is 10.2 Å². The van der Waals surface area contributed by atoms with Gasteiger partial charge < -0.3 is 4.98 Å². The smallest absolute Gasteiger partial charge is 0.0498 e. The minimum Gasteiger partial charge on any atom is -0.361 e. The summed E-state index contributed by atoms with van der Waals surface area (Å²) in [5.41, 5.74) is 3.63. The first-order valence-corrected chi connectivity index (χ1v) is 5.25. The molecule has 0 atom stereocenters. The van der Waals surface area contributed by atoms with Gasteiger partial charge in [0.05, 0.1) is 0 Å². The Kier molecular flexibility index (Phi) is 2.14. The molecule has 0 aliphatic carbocycles. The van der Waals surface area contributed by atoms with Crippen LogP contribution in [0.5, 0.6) is 0 Å². The zero-order chi connectivity index (χ0) is 10.8. The fraction of sp³-hybridized carbons (Fsp3) is 0.0769. The normalized spacial score (nSPS) is 15.1. The van der Waals surface area contributed by atoms with Crippen molar-refractivity contribution in [2.45, 2.75) is 6.42 Å². The quantitative estimate of drug-likeness (QED) is 0.750. The lowest BCUT2D eigenvalue weighted by atomic mass is 10.0. The molecule has 2 heterocycles. The van der Waals surface area contributed by atoms with Crippen LogP contribution in [0.2, 0.25) is 0 Å². The van der Waals surface area contributed by atoms with E-state index in [4.69, 9.17) is 0 Å². The molecule has 0 saturated heterocycles. The van der Waals surface area contributed by atoms with E-state index in [9.17, 15) is 0 Å². The average Bonchev–Trinajstić information content (AvgIpc) is 2.57. The molecule has 0 fully saturated rings. The van der Waals surface area contributed by atoms with E-state index in [-0.39, 0.29) is 0 Å². The van der Waals surface area contributed by atoms with Gasteiger partial charge in [-0.3, -0.25) is 0 Å². The molecular formula is C13H11N3. The predicted molar refractivity (Wildman–Crippen MR) is 67.9 cm³/mol. The van der Waals surface area contributed by atoms with Gasteiger partial charge in [-0.1, -0.05) is 18.2 Å². The largest absolute Gasteiger partial charge is 0.361 e. The van der Waals surface area contributed by atoms with E-state index >= 15 is 0 Å². The number of allylic oxidation sites excluding steroid dienone is 2. The molecule has 0 saturated carbocycles. The van der Waals surface area contributed by atoms with E-state index in [1.54, 1.807) is 6.21 Å². The van der Waals surface area contributed by atoms with E-state index < -0.39 is 0 Å². The number of hydrogen-bond donors (Lipinski definition) is 1. The summed E-state index contributed by atoms with van der Waals surface area (Å²) < 4.78 is 0. The molecule has 0 unspecified atom stereocenters. The summed E-state index contributed by atoms with van der Waals surface area (Å²) in [5.74, 6) is 0. The van der Waals surface area contributed by atoms with Crippen molar-refractivity contribution >= 4 is 28.9 Å². The van der Waals surface area contributed by atoms with Crippen LogP contribution in [0.3, 0.4) is 0 Å². The number of fused-ring (bicyclic) bond motifs is 1. The van der Waals surface area contributed by atoms with Gasteiger partial charge in [0.2, 0.25) is 0 Å². The van der Waals surface area contributed by atoms with Crippen molar-refractivity contribution in [3.63, 3.8) is 0 Å². The molecule has 16 heavy (non-hydrogen) atoms. The molecule has 1 N–H and O–H groups in total. The van der Waals surface area contributed by atoms with Crippen LogP contribution in [0.15, 0.2) is 46.7 Å². The monoisotopic (exact) mass is 209 g/mol. The van der Waals surface area contributed by atoms with E-state index in [1.165, 1.54) is 16.5 Å². The average molecular weight is 209 g/mol. The van der Waals surface area contributed by atoms with E-state index in [0.717, 1.165) is 11.9 Å². The Morgan fingerprint density at radius 1 is 1.12 bits per heavy atom. The first kappa shape index (κ1) is 9.09. The van der Waals surface area contributed by atoms with Gasteiger partial charge in [0, 0.05) is 41.5 Å². The highest BCUT2D eigenvalue weighted by Gasteiger charge is 2.07. The standard InChI is InChI=1S/C13H11N3/c1-2-4-13-11(3-1)12(9-14-13)10-5-7-15-16-8-6-10/h1-5,7-9,14H,6H2. The minimum absolute atomic E-state index is 0.821. The number of aromatic amines is 1. The summed E-state index contributed by atoms with van der Waals surface area (Å²) in [5, 5.41) is 9.01. The number of para-hydroxylation sites is 1. The maximum atomic E-state index is 3.89. The predicted octanol–water partition coefficient (Wildman–Crippen LogP) is 3.01. The molecule has 3 rings (SSSR count). The second-order valence-electron chi connectivity index (χ2n) is 3.71. The second kappa shape index (κ2) is 3.77. The summed E-state index contributed by atoms with van der Waals surface area (Å²) in [6, 6.07) is 8.30. The van der Waals surface area contributed by atoms with Crippen molar-refractivity contribution < 1.29 is 0 Å². The molecule has 3 heteroatoms. The van der Waals surface area contributed by atoms with Gasteiger partial charge in [-0.2, -0.15) is 10.2 Å². The van der Waals surface area contributed by atoms with Gasteiger partial charge in [-0.15, -0.1) is 0 Å². The van der Waals surface area contributed by atoms with Crippen molar-refractivity contribution in [2.75, 3.05) is 0 Å². The lowest BCUT2D eigenvalue weighted by Gasteiger charge is -2.00. The maximum Gasteiger partial charge on any atom is 0.0498 e. The van der Waals surface area contributed by atoms with Crippen molar-refractivity contribution in [1.29, 1.82) is 0 Å². The van der Waals surface area contributed by atoms with Crippen LogP contribution >= 0.6 is 0 Å². The molecule has 0 spiro atoms. The SMILES string of the molecule is C1=NN=CCC(c2c[nH]c3ccccc23)=C1. The maximum absolute atomic E-state index is 3.89. The Hall–Kier alpha value is -2.16. The van der Waals surface area contributed by atoms with E-state index in [1.807, 2.05) is 24.6 Å². The summed E-state index contributed by atoms with van der Waals surface area (Å²) in [6.07, 6.45) is 8.45. The van der Waals surface area contributed by atoms with Crippen LogP contribution in [0.4, 0.5) is 0 Å². The van der Waals surface area contributed by atoms with Crippen LogP contribution in [0, 0.1) is 0 Å². The molecule has 1 aromatic heterocycles. The molecule has 3 nitrogen and oxygen atoms in total. The lowest BCUT2D eigenvalue weighted by molar-refractivity contribution is 1.26. The molecule has 78 valence electrons. The van der Waals surface area contributed by atoms with Crippen LogP contribution in [-0.4, -0.2) is 17.4 Å². The third-order valence-electron chi connectivity index (χ3n) is 2.74. The highest BCUT2D eigenvalue weighted by molar-refractivity contribution is 5.99. The number of hydrogen-bond acceptors (Lipinski definition) is 2. The zero-order valence-corrected chi connectivity index (χ0v) is 8.72. The number of nitrogens with one attached hydrogen (secondary N) is 1. The third kappa shape index (κ3) is 1.46. The fourth-order valence-corrected chi connectivity index (χ4v) is 1.95. The topological polar surface area (TPSA) is 40.5 Å². The molecule has 1 aromatic carbocycles. The van der Waals surface area contributed by atoms with Gasteiger partial charge in [0.15, 0.2) is 0 Å². The van der Waals surface area contributed by atoms with Crippen LogP contribution in [0.1, 0.15) is 12.0 Å². The second-order valence-corrected chi connectivity index (χ2v) is 3.71. The van der Waals surface area contributed by atoms with Gasteiger partial charge >= 0.3 is 0 Å². The van der Waals surface area contributed by atoms with Gasteiger partial charge in [0.1, 0.15) is 0 Å². The number of benzene rings is 1. The number of nitrogens with zero attached hydrogens (tertiary/aromatic N) is 2. The fourth-order valence-electron chi connectivity index (χ4n) is 1.95. The highest BCUT2D eigenvalue weighted by atomic mass is 15.2. The Morgan fingerprint density at radius 3 is 3.06 bits per heavy atom. The van der Waals surface area contributed by atoms with Crippen LogP contribution < -0.4 is 0 Å². The molecule has 0 amide bonds. The van der Waals surface area contributed by atoms with Crippen molar-refractivity contribution in [3.05, 3.63) is 42.1 Å². The summed E-state index contributed by atoms with van der Waals surface area (Å²) >= 11 is 0. The Labute approximate surface area is 93.2 Å². The summed E-state index contributed by atoms with van der Waals surface area (Å²) in [6.45, 7) is 0. The Morgan fingerprint density at radius 2 is 2.06 bits per heavy atom. The number of rotatable bonds is 1. The molecule has 0 radical (unpaired) electrons. The highest BCUT2D eigenvalue weighted by Crippen LogP contribution is 2.26. The lowest BCUT2D eigenvalue weighted by Crippen LogP contribution is -1.83. The molecule has 2 aromatic rings. The van der Waals surface area contributed by atoms with Gasteiger partial charge in [-0.05, 0) is 17.7 Å². The van der Waals surface area contributed by atoms with E-state index in [0.29, 0.717) is 0 Å². The summed E-state index contributed by atoms with van der Waals surface area (Å²) in [7, 11) is 0. The number of aromatic nitrogens is 1. The van der Waals surface area contributed by atoms with Crippen molar-refractivity contribution in [1.82, 2.24) is 4.98 Å². The molecule has 0 bridgehead atoms.